The Bertz CT molecular complexity index is 405. The van der Waals surface area contributed by atoms with Crippen molar-refractivity contribution in [2.45, 2.75) is 45.1 Å². The van der Waals surface area contributed by atoms with Gasteiger partial charge in [0.2, 0.25) is 5.13 Å². The lowest BCUT2D eigenvalue weighted by Crippen LogP contribution is -2.17. The van der Waals surface area contributed by atoms with Crippen LogP contribution in [0.2, 0.25) is 0 Å². The third-order valence-corrected chi connectivity index (χ3v) is 3.73. The highest BCUT2D eigenvalue weighted by molar-refractivity contribution is 7.09. The summed E-state index contributed by atoms with van der Waals surface area (Å²) in [5, 5.41) is 13.0. The average Bonchev–Trinajstić information content (AvgIpc) is 2.87. The first-order chi connectivity index (χ1) is 8.06. The predicted molar refractivity (Wildman–Crippen MR) is 66.4 cm³/mol. The van der Waals surface area contributed by atoms with Crippen molar-refractivity contribution in [3.05, 3.63) is 5.82 Å². The zero-order chi connectivity index (χ0) is 12.4. The van der Waals surface area contributed by atoms with Crippen LogP contribution in [-0.4, -0.2) is 26.5 Å². The fourth-order valence-corrected chi connectivity index (χ4v) is 2.82. The van der Waals surface area contributed by atoms with Crippen LogP contribution in [0.5, 0.6) is 0 Å². The molecule has 0 unspecified atom stereocenters. The fourth-order valence-electron chi connectivity index (χ4n) is 2.04. The Balaban J connectivity index is 1.91. The molecule has 1 fully saturated rings. The Kier molecular flexibility index (Phi) is 3.61. The summed E-state index contributed by atoms with van der Waals surface area (Å²) < 4.78 is 4.26. The van der Waals surface area contributed by atoms with Gasteiger partial charge in [-0.25, -0.2) is 4.98 Å². The van der Waals surface area contributed by atoms with Crippen molar-refractivity contribution in [3.63, 3.8) is 0 Å². The normalized spacial score (nSPS) is 24.2. The molecule has 1 saturated carbocycles. The molecule has 0 bridgehead atoms. The summed E-state index contributed by atoms with van der Waals surface area (Å²) in [6.07, 6.45) is 2.34. The van der Waals surface area contributed by atoms with Crippen molar-refractivity contribution in [1.82, 2.24) is 9.36 Å². The average molecular weight is 255 g/mol. The van der Waals surface area contributed by atoms with E-state index in [0.717, 1.165) is 23.8 Å². The van der Waals surface area contributed by atoms with Gasteiger partial charge < -0.3 is 10.4 Å². The highest BCUT2D eigenvalue weighted by Gasteiger charge is 2.30. The number of carboxylic acid groups (broad SMARTS) is 1. The minimum Gasteiger partial charge on any atom is -0.481 e. The van der Waals surface area contributed by atoms with Crippen molar-refractivity contribution in [3.8, 4) is 0 Å². The van der Waals surface area contributed by atoms with E-state index in [1.165, 1.54) is 11.5 Å². The molecule has 0 aromatic carbocycles. The highest BCUT2D eigenvalue weighted by atomic mass is 32.1. The summed E-state index contributed by atoms with van der Waals surface area (Å²) in [5.74, 6) is 0.293. The first-order valence-electron chi connectivity index (χ1n) is 5.89. The fraction of sp³-hybridized carbons (Fsp3) is 0.727. The molecule has 2 N–H and O–H groups in total. The van der Waals surface area contributed by atoms with Crippen LogP contribution < -0.4 is 5.32 Å². The molecule has 1 aromatic rings. The Hall–Kier alpha value is -1.17. The van der Waals surface area contributed by atoms with Crippen molar-refractivity contribution in [1.29, 1.82) is 0 Å². The minimum absolute atomic E-state index is 0.204. The molecule has 1 aliphatic carbocycles. The van der Waals surface area contributed by atoms with Gasteiger partial charge in [-0.3, -0.25) is 4.79 Å². The summed E-state index contributed by atoms with van der Waals surface area (Å²) in [4.78, 5) is 15.2. The summed E-state index contributed by atoms with van der Waals surface area (Å²) in [7, 11) is 0. The van der Waals surface area contributed by atoms with E-state index in [9.17, 15) is 4.79 Å². The van der Waals surface area contributed by atoms with Gasteiger partial charge in [0, 0.05) is 23.5 Å². The number of nitrogens with one attached hydrogen (secondary N) is 1. The second-order valence-corrected chi connectivity index (χ2v) is 5.55. The van der Waals surface area contributed by atoms with E-state index in [-0.39, 0.29) is 12.0 Å². The first kappa shape index (κ1) is 12.3. The lowest BCUT2D eigenvalue weighted by molar-refractivity contribution is -0.141. The lowest BCUT2D eigenvalue weighted by Gasteiger charge is -2.10. The van der Waals surface area contributed by atoms with Crippen molar-refractivity contribution < 1.29 is 9.90 Å². The molecule has 6 heteroatoms. The van der Waals surface area contributed by atoms with Crippen molar-refractivity contribution in [2.75, 3.05) is 5.32 Å². The van der Waals surface area contributed by atoms with E-state index in [4.69, 9.17) is 5.11 Å². The number of anilines is 1. The molecule has 2 rings (SSSR count). The van der Waals surface area contributed by atoms with E-state index in [0.29, 0.717) is 12.3 Å². The number of nitrogens with zero attached hydrogens (tertiary/aromatic N) is 2. The highest BCUT2D eigenvalue weighted by Crippen LogP contribution is 2.29. The molecule has 0 amide bonds. The number of rotatable bonds is 4. The van der Waals surface area contributed by atoms with Crippen LogP contribution in [0.25, 0.3) is 0 Å². The Morgan fingerprint density at radius 3 is 2.82 bits per heavy atom. The minimum atomic E-state index is -0.686. The van der Waals surface area contributed by atoms with E-state index in [1.54, 1.807) is 0 Å². The molecule has 5 nitrogen and oxygen atoms in total. The topological polar surface area (TPSA) is 75.1 Å². The van der Waals surface area contributed by atoms with Crippen LogP contribution in [-0.2, 0) is 4.79 Å². The zero-order valence-corrected chi connectivity index (χ0v) is 10.8. The Labute approximate surface area is 104 Å². The van der Waals surface area contributed by atoms with Crippen molar-refractivity contribution in [2.24, 2.45) is 5.92 Å². The van der Waals surface area contributed by atoms with Gasteiger partial charge in [0.1, 0.15) is 5.82 Å². The molecule has 1 aromatic heterocycles. The maximum absolute atomic E-state index is 10.8. The zero-order valence-electron chi connectivity index (χ0n) is 10.0. The van der Waals surface area contributed by atoms with Gasteiger partial charge >= 0.3 is 5.97 Å². The van der Waals surface area contributed by atoms with Gasteiger partial charge in [0.05, 0.1) is 5.92 Å². The van der Waals surface area contributed by atoms with E-state index >= 15 is 0 Å². The first-order valence-corrected chi connectivity index (χ1v) is 6.66. The van der Waals surface area contributed by atoms with Gasteiger partial charge in [-0.1, -0.05) is 13.8 Å². The summed E-state index contributed by atoms with van der Waals surface area (Å²) in [6.45, 7) is 4.11. The third kappa shape index (κ3) is 2.94. The Morgan fingerprint density at radius 2 is 2.29 bits per heavy atom. The smallest absolute Gasteiger partial charge is 0.306 e. The van der Waals surface area contributed by atoms with E-state index < -0.39 is 5.97 Å². The Morgan fingerprint density at radius 1 is 1.53 bits per heavy atom. The van der Waals surface area contributed by atoms with Crippen LogP contribution >= 0.6 is 11.5 Å². The molecule has 2 atom stereocenters. The van der Waals surface area contributed by atoms with Crippen LogP contribution in [0.1, 0.15) is 44.9 Å². The van der Waals surface area contributed by atoms with Gasteiger partial charge in [-0.2, -0.15) is 4.37 Å². The van der Waals surface area contributed by atoms with E-state index in [1.807, 2.05) is 0 Å². The largest absolute Gasteiger partial charge is 0.481 e. The number of aliphatic carboxylic acids is 1. The van der Waals surface area contributed by atoms with Gasteiger partial charge in [-0.05, 0) is 19.3 Å². The number of carbonyl (C=O) groups is 1. The standard InChI is InChI=1S/C11H17N3O2S/c1-6(2)9-13-11(17-14-9)12-8-4-3-7(5-8)10(15)16/h6-8H,3-5H2,1-2H3,(H,15,16)(H,12,13,14)/t7-,8+/m1/s1. The molecular formula is C11H17N3O2S. The van der Waals surface area contributed by atoms with Crippen LogP contribution in [0, 0.1) is 5.92 Å². The summed E-state index contributed by atoms with van der Waals surface area (Å²) in [5.41, 5.74) is 0. The quantitative estimate of drug-likeness (QED) is 0.863. The number of hydrogen-bond donors (Lipinski definition) is 2. The molecule has 1 aliphatic rings. The molecule has 0 radical (unpaired) electrons. The van der Waals surface area contributed by atoms with E-state index in [2.05, 4.69) is 28.5 Å². The molecular weight excluding hydrogens is 238 g/mol. The molecule has 0 spiro atoms. The third-order valence-electron chi connectivity index (χ3n) is 3.07. The predicted octanol–water partition coefficient (Wildman–Crippen LogP) is 2.33. The van der Waals surface area contributed by atoms with Gasteiger partial charge in [0.25, 0.3) is 0 Å². The maximum Gasteiger partial charge on any atom is 0.306 e. The SMILES string of the molecule is CC(C)c1nsc(N[C@H]2CC[C@@H](C(=O)O)C2)n1. The maximum atomic E-state index is 10.8. The second kappa shape index (κ2) is 5.00. The monoisotopic (exact) mass is 255 g/mol. The number of aromatic nitrogens is 2. The molecule has 1 heterocycles. The number of hydrogen-bond acceptors (Lipinski definition) is 5. The summed E-state index contributed by atoms with van der Waals surface area (Å²) >= 11 is 1.35. The van der Waals surface area contributed by atoms with Gasteiger partial charge in [0.15, 0.2) is 0 Å². The van der Waals surface area contributed by atoms with Crippen molar-refractivity contribution >= 4 is 22.6 Å². The molecule has 94 valence electrons. The van der Waals surface area contributed by atoms with Crippen LogP contribution in [0.15, 0.2) is 0 Å². The molecule has 17 heavy (non-hydrogen) atoms. The molecule has 0 aliphatic heterocycles. The van der Waals surface area contributed by atoms with Gasteiger partial charge in [-0.15, -0.1) is 0 Å². The van der Waals surface area contributed by atoms with Crippen LogP contribution in [0.4, 0.5) is 5.13 Å². The number of carboxylic acids is 1. The second-order valence-electron chi connectivity index (χ2n) is 4.80. The van der Waals surface area contributed by atoms with Crippen LogP contribution in [0.3, 0.4) is 0 Å². The summed E-state index contributed by atoms with van der Waals surface area (Å²) in [6, 6.07) is 0.226. The molecule has 0 saturated heterocycles. The lowest BCUT2D eigenvalue weighted by atomic mass is 10.1.